The lowest BCUT2D eigenvalue weighted by Crippen LogP contribution is -2.37. The van der Waals surface area contributed by atoms with Crippen LogP contribution < -0.4 is 5.32 Å². The molecule has 1 fully saturated rings. The predicted molar refractivity (Wildman–Crippen MR) is 57.9 cm³/mol. The first kappa shape index (κ1) is 10.4. The second kappa shape index (κ2) is 5.87. The van der Waals surface area contributed by atoms with Crippen LogP contribution in [0.1, 0.15) is 39.5 Å². The fourth-order valence-electron chi connectivity index (χ4n) is 1.66. The lowest BCUT2D eigenvalue weighted by atomic mass is 10.1. The fraction of sp³-hybridized carbons (Fsp3) is 1.00. The van der Waals surface area contributed by atoms with Gasteiger partial charge >= 0.3 is 0 Å². The van der Waals surface area contributed by atoms with Crippen molar-refractivity contribution in [3.63, 3.8) is 0 Å². The number of nitrogens with one attached hydrogen (secondary N) is 1. The molecule has 0 aromatic heterocycles. The van der Waals surface area contributed by atoms with Crippen molar-refractivity contribution >= 4 is 11.8 Å². The maximum atomic E-state index is 3.58. The van der Waals surface area contributed by atoms with Crippen LogP contribution in [0.2, 0.25) is 0 Å². The molecule has 1 rings (SSSR count). The van der Waals surface area contributed by atoms with Crippen molar-refractivity contribution in [2.24, 2.45) is 0 Å². The van der Waals surface area contributed by atoms with Gasteiger partial charge in [-0.05, 0) is 38.5 Å². The molecule has 0 aromatic rings. The van der Waals surface area contributed by atoms with E-state index in [0.29, 0.717) is 0 Å². The zero-order valence-corrected chi connectivity index (χ0v) is 9.12. The summed E-state index contributed by atoms with van der Waals surface area (Å²) in [6.07, 6.45) is 5.54. The molecule has 0 bridgehead atoms. The maximum Gasteiger partial charge on any atom is 0.0198 e. The maximum absolute atomic E-state index is 3.58. The molecule has 12 heavy (non-hydrogen) atoms. The lowest BCUT2D eigenvalue weighted by Gasteiger charge is -2.27. The van der Waals surface area contributed by atoms with Gasteiger partial charge in [0, 0.05) is 11.3 Å². The number of hydrogen-bond acceptors (Lipinski definition) is 2. The molecule has 0 amide bonds. The first-order valence-corrected chi connectivity index (χ1v) is 6.24. The molecule has 1 nitrogen and oxygen atoms in total. The van der Waals surface area contributed by atoms with Gasteiger partial charge in [-0.2, -0.15) is 11.8 Å². The number of rotatable bonds is 4. The molecule has 2 atom stereocenters. The van der Waals surface area contributed by atoms with Crippen molar-refractivity contribution in [1.82, 2.24) is 5.32 Å². The summed E-state index contributed by atoms with van der Waals surface area (Å²) in [5.41, 5.74) is 0. The molecule has 0 spiro atoms. The lowest BCUT2D eigenvalue weighted by molar-refractivity contribution is 0.492. The summed E-state index contributed by atoms with van der Waals surface area (Å²) < 4.78 is 0. The highest BCUT2D eigenvalue weighted by molar-refractivity contribution is 8.00. The molecule has 72 valence electrons. The monoisotopic (exact) mass is 187 g/mol. The first-order chi connectivity index (χ1) is 5.84. The average molecular weight is 187 g/mol. The topological polar surface area (TPSA) is 12.0 Å². The van der Waals surface area contributed by atoms with Crippen molar-refractivity contribution in [3.8, 4) is 0 Å². The van der Waals surface area contributed by atoms with Gasteiger partial charge in [-0.1, -0.05) is 13.3 Å². The molecule has 0 aliphatic carbocycles. The molecule has 0 radical (unpaired) electrons. The van der Waals surface area contributed by atoms with Gasteiger partial charge in [0.2, 0.25) is 0 Å². The van der Waals surface area contributed by atoms with Crippen LogP contribution in [0.25, 0.3) is 0 Å². The van der Waals surface area contributed by atoms with Gasteiger partial charge < -0.3 is 5.32 Å². The Morgan fingerprint density at radius 3 is 2.92 bits per heavy atom. The Kier molecular flexibility index (Phi) is 5.08. The molecule has 0 aromatic carbocycles. The van der Waals surface area contributed by atoms with Gasteiger partial charge in [0.1, 0.15) is 0 Å². The Balaban J connectivity index is 2.15. The first-order valence-electron chi connectivity index (χ1n) is 5.19. The Hall–Kier alpha value is 0.310. The highest BCUT2D eigenvalue weighted by atomic mass is 32.2. The van der Waals surface area contributed by atoms with E-state index in [1.165, 1.54) is 38.0 Å². The number of thioether (sulfide) groups is 1. The molecule has 1 heterocycles. The van der Waals surface area contributed by atoms with Crippen LogP contribution in [0.15, 0.2) is 0 Å². The van der Waals surface area contributed by atoms with E-state index in [0.717, 1.165) is 11.3 Å². The van der Waals surface area contributed by atoms with Crippen LogP contribution in [0.3, 0.4) is 0 Å². The Morgan fingerprint density at radius 2 is 2.33 bits per heavy atom. The molecule has 1 saturated heterocycles. The van der Waals surface area contributed by atoms with Gasteiger partial charge in [-0.15, -0.1) is 0 Å². The van der Waals surface area contributed by atoms with Gasteiger partial charge in [0.25, 0.3) is 0 Å². The molecule has 0 saturated carbocycles. The third-order valence-corrected chi connectivity index (χ3v) is 4.09. The van der Waals surface area contributed by atoms with Crippen LogP contribution >= 0.6 is 11.8 Å². The van der Waals surface area contributed by atoms with Crippen LogP contribution in [0.4, 0.5) is 0 Å². The standard InChI is InChI=1S/C10H21NS/c1-3-7-11-9(2)10-6-4-5-8-12-10/h9-11H,3-8H2,1-2H3. The molecular weight excluding hydrogens is 166 g/mol. The van der Waals surface area contributed by atoms with E-state index in [1.54, 1.807) is 0 Å². The molecule has 1 N–H and O–H groups in total. The van der Waals surface area contributed by atoms with E-state index in [-0.39, 0.29) is 0 Å². The van der Waals surface area contributed by atoms with E-state index in [9.17, 15) is 0 Å². The minimum atomic E-state index is 0.718. The number of hydrogen-bond donors (Lipinski definition) is 1. The molecule has 1 aliphatic heterocycles. The summed E-state index contributed by atoms with van der Waals surface area (Å²) in [5.74, 6) is 1.38. The minimum absolute atomic E-state index is 0.718. The largest absolute Gasteiger partial charge is 0.313 e. The second-order valence-electron chi connectivity index (χ2n) is 3.65. The van der Waals surface area contributed by atoms with Gasteiger partial charge in [0.05, 0.1) is 0 Å². The van der Waals surface area contributed by atoms with E-state index in [1.807, 2.05) is 0 Å². The smallest absolute Gasteiger partial charge is 0.0198 e. The van der Waals surface area contributed by atoms with Gasteiger partial charge in [-0.25, -0.2) is 0 Å². The van der Waals surface area contributed by atoms with Crippen molar-refractivity contribution in [2.45, 2.75) is 50.8 Å². The Labute approximate surface area is 80.7 Å². The summed E-state index contributed by atoms with van der Waals surface area (Å²) in [4.78, 5) is 0. The van der Waals surface area contributed by atoms with Crippen LogP contribution in [-0.4, -0.2) is 23.6 Å². The molecular formula is C10H21NS. The van der Waals surface area contributed by atoms with Gasteiger partial charge in [-0.3, -0.25) is 0 Å². The van der Waals surface area contributed by atoms with Crippen molar-refractivity contribution in [3.05, 3.63) is 0 Å². The van der Waals surface area contributed by atoms with Crippen LogP contribution in [0.5, 0.6) is 0 Å². The van der Waals surface area contributed by atoms with E-state index < -0.39 is 0 Å². The Morgan fingerprint density at radius 1 is 1.50 bits per heavy atom. The van der Waals surface area contributed by atoms with Crippen molar-refractivity contribution in [1.29, 1.82) is 0 Å². The molecule has 1 aliphatic rings. The Bertz CT molecular complexity index is 110. The van der Waals surface area contributed by atoms with E-state index in [2.05, 4.69) is 30.9 Å². The van der Waals surface area contributed by atoms with Crippen molar-refractivity contribution in [2.75, 3.05) is 12.3 Å². The quantitative estimate of drug-likeness (QED) is 0.726. The third kappa shape index (κ3) is 3.36. The summed E-state index contributed by atoms with van der Waals surface area (Å²) in [6, 6.07) is 0.718. The zero-order chi connectivity index (χ0) is 8.81. The average Bonchev–Trinajstić information content (AvgIpc) is 2.15. The summed E-state index contributed by atoms with van der Waals surface area (Å²) in [5, 5.41) is 4.46. The van der Waals surface area contributed by atoms with E-state index in [4.69, 9.17) is 0 Å². The van der Waals surface area contributed by atoms with Crippen molar-refractivity contribution < 1.29 is 0 Å². The third-order valence-electron chi connectivity index (χ3n) is 2.49. The summed E-state index contributed by atoms with van der Waals surface area (Å²) >= 11 is 2.16. The fourth-order valence-corrected chi connectivity index (χ4v) is 3.06. The van der Waals surface area contributed by atoms with E-state index >= 15 is 0 Å². The zero-order valence-electron chi connectivity index (χ0n) is 8.31. The normalized spacial score (nSPS) is 27.0. The highest BCUT2D eigenvalue weighted by Gasteiger charge is 2.19. The second-order valence-corrected chi connectivity index (χ2v) is 4.99. The molecule has 2 unspecified atom stereocenters. The summed E-state index contributed by atoms with van der Waals surface area (Å²) in [7, 11) is 0. The van der Waals surface area contributed by atoms with Crippen LogP contribution in [-0.2, 0) is 0 Å². The predicted octanol–water partition coefficient (Wildman–Crippen LogP) is 2.66. The molecule has 2 heteroatoms. The SMILES string of the molecule is CCCNC(C)C1CCCCS1. The van der Waals surface area contributed by atoms with Crippen LogP contribution in [0, 0.1) is 0 Å². The van der Waals surface area contributed by atoms with Gasteiger partial charge in [0.15, 0.2) is 0 Å². The summed E-state index contributed by atoms with van der Waals surface area (Å²) in [6.45, 7) is 5.74. The highest BCUT2D eigenvalue weighted by Crippen LogP contribution is 2.27. The minimum Gasteiger partial charge on any atom is -0.313 e.